The Bertz CT molecular complexity index is 347. The van der Waals surface area contributed by atoms with E-state index >= 15 is 0 Å². The molecule has 6 heteroatoms. The van der Waals surface area contributed by atoms with Gasteiger partial charge < -0.3 is 15.1 Å². The second kappa shape index (κ2) is 5.46. The van der Waals surface area contributed by atoms with Crippen molar-refractivity contribution in [3.05, 3.63) is 5.82 Å². The molecule has 1 aliphatic heterocycles. The van der Waals surface area contributed by atoms with E-state index in [2.05, 4.69) is 51.3 Å². The van der Waals surface area contributed by atoms with E-state index in [0.29, 0.717) is 6.04 Å². The topological polar surface area (TPSA) is 60.1 Å². The van der Waals surface area contributed by atoms with Crippen LogP contribution in [-0.4, -0.2) is 66.4 Å². The van der Waals surface area contributed by atoms with Crippen molar-refractivity contribution in [1.29, 1.82) is 0 Å². The van der Waals surface area contributed by atoms with Gasteiger partial charge in [-0.1, -0.05) is 0 Å². The van der Waals surface area contributed by atoms with Crippen molar-refractivity contribution in [2.24, 2.45) is 0 Å². The predicted molar refractivity (Wildman–Crippen MR) is 68.3 cm³/mol. The Balaban J connectivity index is 1.92. The third kappa shape index (κ3) is 3.41. The molecule has 1 aromatic rings. The van der Waals surface area contributed by atoms with Crippen LogP contribution < -0.4 is 10.2 Å². The van der Waals surface area contributed by atoms with Gasteiger partial charge in [0.2, 0.25) is 5.95 Å². The number of H-pyrrole nitrogens is 1. The van der Waals surface area contributed by atoms with Gasteiger partial charge in [-0.05, 0) is 21.0 Å². The van der Waals surface area contributed by atoms with Gasteiger partial charge >= 0.3 is 0 Å². The average molecular weight is 238 g/mol. The molecule has 0 amide bonds. The standard InChI is InChI=1S/C11H22N6/c1-9-8-17(7-5-12-9)11-13-10(14-15-11)4-6-16(2)3/h9,12H,4-8H2,1-3H3,(H,13,14,15)/t9-/m1/s1. The zero-order valence-electron chi connectivity index (χ0n) is 10.9. The van der Waals surface area contributed by atoms with Gasteiger partial charge in [0.25, 0.3) is 0 Å². The summed E-state index contributed by atoms with van der Waals surface area (Å²) in [5, 5.41) is 10.7. The molecule has 0 aromatic carbocycles. The number of piperazine rings is 1. The lowest BCUT2D eigenvalue weighted by atomic mass is 10.2. The Kier molecular flexibility index (Phi) is 3.96. The van der Waals surface area contributed by atoms with E-state index in [1.165, 1.54) is 0 Å². The van der Waals surface area contributed by atoms with Crippen LogP contribution in [0.4, 0.5) is 5.95 Å². The lowest BCUT2D eigenvalue weighted by Gasteiger charge is -2.30. The van der Waals surface area contributed by atoms with Crippen molar-refractivity contribution in [1.82, 2.24) is 25.4 Å². The largest absolute Gasteiger partial charge is 0.337 e. The Morgan fingerprint density at radius 1 is 1.47 bits per heavy atom. The number of anilines is 1. The molecule has 17 heavy (non-hydrogen) atoms. The summed E-state index contributed by atoms with van der Waals surface area (Å²) in [6.07, 6.45) is 0.918. The van der Waals surface area contributed by atoms with Crippen LogP contribution in [0.25, 0.3) is 0 Å². The molecule has 0 saturated carbocycles. The Morgan fingerprint density at radius 3 is 3.00 bits per heavy atom. The van der Waals surface area contributed by atoms with Crippen LogP contribution in [0.5, 0.6) is 0 Å². The number of likely N-dealkylation sites (N-methyl/N-ethyl adjacent to an activating group) is 1. The quantitative estimate of drug-likeness (QED) is 0.754. The molecule has 96 valence electrons. The Labute approximate surface area is 102 Å². The molecule has 2 heterocycles. The average Bonchev–Trinajstić information content (AvgIpc) is 2.75. The first kappa shape index (κ1) is 12.3. The van der Waals surface area contributed by atoms with Gasteiger partial charge in [0.05, 0.1) is 0 Å². The number of aromatic amines is 1. The molecule has 1 aliphatic rings. The van der Waals surface area contributed by atoms with E-state index < -0.39 is 0 Å². The summed E-state index contributed by atoms with van der Waals surface area (Å²) in [7, 11) is 4.13. The van der Waals surface area contributed by atoms with Crippen molar-refractivity contribution in [3.8, 4) is 0 Å². The van der Waals surface area contributed by atoms with Crippen molar-refractivity contribution in [3.63, 3.8) is 0 Å². The molecule has 0 aliphatic carbocycles. The fraction of sp³-hybridized carbons (Fsp3) is 0.818. The maximum atomic E-state index is 4.55. The van der Waals surface area contributed by atoms with Crippen LogP contribution >= 0.6 is 0 Å². The second-order valence-electron chi connectivity index (χ2n) is 4.94. The van der Waals surface area contributed by atoms with Crippen LogP contribution in [0.1, 0.15) is 12.7 Å². The minimum absolute atomic E-state index is 0.507. The van der Waals surface area contributed by atoms with Gasteiger partial charge in [0.15, 0.2) is 0 Å². The molecular weight excluding hydrogens is 216 g/mol. The lowest BCUT2D eigenvalue weighted by Crippen LogP contribution is -2.49. The molecule has 0 spiro atoms. The second-order valence-corrected chi connectivity index (χ2v) is 4.94. The molecule has 6 nitrogen and oxygen atoms in total. The van der Waals surface area contributed by atoms with E-state index in [0.717, 1.165) is 44.4 Å². The van der Waals surface area contributed by atoms with E-state index in [-0.39, 0.29) is 0 Å². The lowest BCUT2D eigenvalue weighted by molar-refractivity contribution is 0.409. The van der Waals surface area contributed by atoms with Gasteiger partial charge in [-0.15, -0.1) is 5.10 Å². The van der Waals surface area contributed by atoms with Crippen LogP contribution in [0.2, 0.25) is 0 Å². The molecule has 1 saturated heterocycles. The third-order valence-electron chi connectivity index (χ3n) is 2.97. The fourth-order valence-electron chi connectivity index (χ4n) is 1.98. The highest BCUT2D eigenvalue weighted by molar-refractivity contribution is 5.30. The molecular formula is C11H22N6. The van der Waals surface area contributed by atoms with Crippen molar-refractivity contribution < 1.29 is 0 Å². The summed E-state index contributed by atoms with van der Waals surface area (Å²) in [4.78, 5) is 8.93. The molecule has 2 N–H and O–H groups in total. The summed E-state index contributed by atoms with van der Waals surface area (Å²) < 4.78 is 0. The molecule has 0 unspecified atom stereocenters. The Hall–Kier alpha value is -1.14. The minimum atomic E-state index is 0.507. The zero-order valence-corrected chi connectivity index (χ0v) is 10.9. The number of rotatable bonds is 4. The van der Waals surface area contributed by atoms with Gasteiger partial charge in [0, 0.05) is 38.6 Å². The first-order chi connectivity index (χ1) is 8.15. The summed E-state index contributed by atoms with van der Waals surface area (Å²) in [5.74, 6) is 1.81. The minimum Gasteiger partial charge on any atom is -0.337 e. The monoisotopic (exact) mass is 238 g/mol. The first-order valence-electron chi connectivity index (χ1n) is 6.19. The van der Waals surface area contributed by atoms with Gasteiger partial charge in [0.1, 0.15) is 5.82 Å². The summed E-state index contributed by atoms with van der Waals surface area (Å²) in [6, 6.07) is 0.507. The van der Waals surface area contributed by atoms with Crippen LogP contribution in [0.15, 0.2) is 0 Å². The molecule has 1 atom stereocenters. The smallest absolute Gasteiger partial charge is 0.244 e. The number of nitrogens with one attached hydrogen (secondary N) is 2. The van der Waals surface area contributed by atoms with Crippen LogP contribution in [0, 0.1) is 0 Å². The molecule has 0 bridgehead atoms. The number of aromatic nitrogens is 3. The molecule has 0 radical (unpaired) electrons. The van der Waals surface area contributed by atoms with Gasteiger partial charge in [-0.25, -0.2) is 0 Å². The predicted octanol–water partition coefficient (Wildman–Crippen LogP) is -0.293. The highest BCUT2D eigenvalue weighted by Crippen LogP contribution is 2.10. The molecule has 2 rings (SSSR count). The van der Waals surface area contributed by atoms with Crippen molar-refractivity contribution >= 4 is 5.95 Å². The number of hydrogen-bond acceptors (Lipinski definition) is 5. The Morgan fingerprint density at radius 2 is 2.29 bits per heavy atom. The summed E-state index contributed by atoms with van der Waals surface area (Å²) in [6.45, 7) is 6.14. The zero-order chi connectivity index (χ0) is 12.3. The highest BCUT2D eigenvalue weighted by Gasteiger charge is 2.19. The maximum absolute atomic E-state index is 4.55. The van der Waals surface area contributed by atoms with Crippen LogP contribution in [0.3, 0.4) is 0 Å². The third-order valence-corrected chi connectivity index (χ3v) is 2.97. The SMILES string of the molecule is C[C@@H]1CN(c2n[nH]c(CCN(C)C)n2)CCN1. The van der Waals surface area contributed by atoms with Gasteiger partial charge in [-0.2, -0.15) is 4.98 Å². The molecule has 1 aromatic heterocycles. The summed E-state index contributed by atoms with van der Waals surface area (Å²) >= 11 is 0. The number of hydrogen-bond donors (Lipinski definition) is 2. The van der Waals surface area contributed by atoms with E-state index in [4.69, 9.17) is 0 Å². The van der Waals surface area contributed by atoms with E-state index in [1.807, 2.05) is 0 Å². The highest BCUT2D eigenvalue weighted by atomic mass is 15.4. The normalized spacial score (nSPS) is 21.2. The van der Waals surface area contributed by atoms with Crippen LogP contribution in [-0.2, 0) is 6.42 Å². The van der Waals surface area contributed by atoms with E-state index in [9.17, 15) is 0 Å². The summed E-state index contributed by atoms with van der Waals surface area (Å²) in [5.41, 5.74) is 0. The van der Waals surface area contributed by atoms with Crippen molar-refractivity contribution in [2.45, 2.75) is 19.4 Å². The molecule has 1 fully saturated rings. The van der Waals surface area contributed by atoms with Crippen molar-refractivity contribution in [2.75, 3.05) is 45.2 Å². The van der Waals surface area contributed by atoms with Gasteiger partial charge in [-0.3, -0.25) is 5.10 Å². The maximum Gasteiger partial charge on any atom is 0.244 e. The van der Waals surface area contributed by atoms with E-state index in [1.54, 1.807) is 0 Å². The first-order valence-corrected chi connectivity index (χ1v) is 6.19. The fourth-order valence-corrected chi connectivity index (χ4v) is 1.98. The number of nitrogens with zero attached hydrogens (tertiary/aromatic N) is 4.